The summed E-state index contributed by atoms with van der Waals surface area (Å²) in [4.78, 5) is 0. The molecule has 1 aromatic heterocycles. The summed E-state index contributed by atoms with van der Waals surface area (Å²) in [5.41, 5.74) is 2.26. The molecule has 0 bridgehead atoms. The van der Waals surface area contributed by atoms with E-state index in [1.54, 1.807) is 7.11 Å². The molecule has 0 spiro atoms. The molecule has 3 nitrogen and oxygen atoms in total. The number of nitrogens with one attached hydrogen (secondary N) is 1. The maximum Gasteiger partial charge on any atom is 0.138 e. The van der Waals surface area contributed by atoms with Gasteiger partial charge in [-0.3, -0.25) is 0 Å². The minimum Gasteiger partial charge on any atom is -0.497 e. The molecule has 0 radical (unpaired) electrons. The number of methoxy groups -OCH3 is 1. The van der Waals surface area contributed by atoms with E-state index in [0.29, 0.717) is 5.92 Å². The van der Waals surface area contributed by atoms with E-state index in [9.17, 15) is 0 Å². The first-order valence-electron chi connectivity index (χ1n) is 7.44. The van der Waals surface area contributed by atoms with Crippen molar-refractivity contribution in [3.05, 3.63) is 29.5 Å². The highest BCUT2D eigenvalue weighted by Gasteiger charge is 2.15. The smallest absolute Gasteiger partial charge is 0.138 e. The molecule has 1 aromatic carbocycles. The van der Waals surface area contributed by atoms with Crippen LogP contribution >= 0.6 is 0 Å². The molecule has 0 aliphatic rings. The average molecular weight is 275 g/mol. The second kappa shape index (κ2) is 6.80. The molecule has 2 rings (SSSR count). The van der Waals surface area contributed by atoms with Gasteiger partial charge >= 0.3 is 0 Å². The summed E-state index contributed by atoms with van der Waals surface area (Å²) in [6.45, 7) is 8.47. The van der Waals surface area contributed by atoms with Crippen molar-refractivity contribution in [3.8, 4) is 5.75 Å². The molecule has 1 heterocycles. The maximum atomic E-state index is 6.05. The summed E-state index contributed by atoms with van der Waals surface area (Å²) >= 11 is 0. The predicted octanol–water partition coefficient (Wildman–Crippen LogP) is 4.14. The van der Waals surface area contributed by atoms with Crippen LogP contribution in [0.15, 0.2) is 22.6 Å². The Morgan fingerprint density at radius 1 is 1.30 bits per heavy atom. The Morgan fingerprint density at radius 3 is 2.75 bits per heavy atom. The lowest BCUT2D eigenvalue weighted by Crippen LogP contribution is -2.14. The normalized spacial score (nSPS) is 11.4. The van der Waals surface area contributed by atoms with Crippen molar-refractivity contribution in [2.45, 2.75) is 40.2 Å². The Kier molecular flexibility index (Phi) is 5.07. The number of fused-ring (bicyclic) bond motifs is 1. The van der Waals surface area contributed by atoms with Gasteiger partial charge < -0.3 is 14.5 Å². The molecule has 20 heavy (non-hydrogen) atoms. The van der Waals surface area contributed by atoms with Gasteiger partial charge in [-0.25, -0.2) is 0 Å². The van der Waals surface area contributed by atoms with Crippen molar-refractivity contribution in [2.75, 3.05) is 13.7 Å². The number of rotatable bonds is 7. The molecule has 0 fully saturated rings. The van der Waals surface area contributed by atoms with E-state index in [1.807, 2.05) is 12.1 Å². The van der Waals surface area contributed by atoms with Crippen LogP contribution in [-0.4, -0.2) is 13.7 Å². The Hall–Kier alpha value is -1.48. The van der Waals surface area contributed by atoms with Crippen LogP contribution in [-0.2, 0) is 13.0 Å². The van der Waals surface area contributed by atoms with Gasteiger partial charge in [0.2, 0.25) is 0 Å². The van der Waals surface area contributed by atoms with Crippen molar-refractivity contribution in [3.63, 3.8) is 0 Å². The SMILES string of the molecule is CCCNCc1oc2cc(OC)ccc2c1CC(C)C. The third-order valence-corrected chi connectivity index (χ3v) is 3.41. The predicted molar refractivity (Wildman–Crippen MR) is 83.3 cm³/mol. The molecule has 110 valence electrons. The number of benzene rings is 1. The minimum atomic E-state index is 0.614. The van der Waals surface area contributed by atoms with E-state index >= 15 is 0 Å². The lowest BCUT2D eigenvalue weighted by atomic mass is 9.99. The van der Waals surface area contributed by atoms with Crippen LogP contribution in [0.1, 0.15) is 38.5 Å². The van der Waals surface area contributed by atoms with Gasteiger partial charge in [0.15, 0.2) is 0 Å². The van der Waals surface area contributed by atoms with Crippen LogP contribution in [0.3, 0.4) is 0 Å². The molecule has 1 N–H and O–H groups in total. The van der Waals surface area contributed by atoms with Crippen molar-refractivity contribution in [1.82, 2.24) is 5.32 Å². The van der Waals surface area contributed by atoms with Gasteiger partial charge in [-0.2, -0.15) is 0 Å². The topological polar surface area (TPSA) is 34.4 Å². The van der Waals surface area contributed by atoms with Gasteiger partial charge in [0.25, 0.3) is 0 Å². The van der Waals surface area contributed by atoms with Gasteiger partial charge in [-0.05, 0) is 37.4 Å². The molecule has 2 aromatic rings. The zero-order valence-electron chi connectivity index (χ0n) is 13.0. The van der Waals surface area contributed by atoms with E-state index in [4.69, 9.17) is 9.15 Å². The van der Waals surface area contributed by atoms with E-state index in [-0.39, 0.29) is 0 Å². The third kappa shape index (κ3) is 3.34. The van der Waals surface area contributed by atoms with E-state index in [2.05, 4.69) is 32.2 Å². The summed E-state index contributed by atoms with van der Waals surface area (Å²) in [7, 11) is 1.68. The summed E-state index contributed by atoms with van der Waals surface area (Å²) in [5, 5.41) is 4.65. The van der Waals surface area contributed by atoms with Gasteiger partial charge in [-0.15, -0.1) is 0 Å². The van der Waals surface area contributed by atoms with Crippen molar-refractivity contribution in [2.24, 2.45) is 5.92 Å². The number of hydrogen-bond acceptors (Lipinski definition) is 3. The Labute approximate surface area is 121 Å². The quantitative estimate of drug-likeness (QED) is 0.771. The summed E-state index contributed by atoms with van der Waals surface area (Å²) < 4.78 is 11.3. The largest absolute Gasteiger partial charge is 0.497 e. The lowest BCUT2D eigenvalue weighted by Gasteiger charge is -2.07. The number of furan rings is 1. The fourth-order valence-electron chi connectivity index (χ4n) is 2.46. The Bertz CT molecular complexity index is 557. The minimum absolute atomic E-state index is 0.614. The number of ether oxygens (including phenoxy) is 1. The van der Waals surface area contributed by atoms with Crippen molar-refractivity contribution in [1.29, 1.82) is 0 Å². The highest BCUT2D eigenvalue weighted by atomic mass is 16.5. The molecule has 0 aliphatic heterocycles. The lowest BCUT2D eigenvalue weighted by molar-refractivity contribution is 0.414. The molecule has 0 saturated carbocycles. The fourth-order valence-corrected chi connectivity index (χ4v) is 2.46. The highest BCUT2D eigenvalue weighted by molar-refractivity contribution is 5.83. The first kappa shape index (κ1) is 14.9. The Morgan fingerprint density at radius 2 is 2.10 bits per heavy atom. The van der Waals surface area contributed by atoms with Gasteiger partial charge in [0.1, 0.15) is 17.1 Å². The summed E-state index contributed by atoms with van der Waals surface area (Å²) in [6.07, 6.45) is 2.18. The zero-order valence-corrected chi connectivity index (χ0v) is 13.0. The van der Waals surface area contributed by atoms with E-state index < -0.39 is 0 Å². The van der Waals surface area contributed by atoms with E-state index in [1.165, 1.54) is 10.9 Å². The van der Waals surface area contributed by atoms with Crippen LogP contribution in [0.25, 0.3) is 11.0 Å². The van der Waals surface area contributed by atoms with Crippen molar-refractivity contribution >= 4 is 11.0 Å². The van der Waals surface area contributed by atoms with Crippen LogP contribution in [0.5, 0.6) is 5.75 Å². The molecular formula is C17H25NO2. The van der Waals surface area contributed by atoms with Crippen LogP contribution in [0.2, 0.25) is 0 Å². The maximum absolute atomic E-state index is 6.05. The second-order valence-corrected chi connectivity index (χ2v) is 5.64. The summed E-state index contributed by atoms with van der Waals surface area (Å²) in [5.74, 6) is 2.52. The first-order valence-corrected chi connectivity index (χ1v) is 7.44. The van der Waals surface area contributed by atoms with E-state index in [0.717, 1.165) is 43.0 Å². The molecule has 0 atom stereocenters. The molecule has 0 unspecified atom stereocenters. The third-order valence-electron chi connectivity index (χ3n) is 3.41. The second-order valence-electron chi connectivity index (χ2n) is 5.64. The number of hydrogen-bond donors (Lipinski definition) is 1. The molecular weight excluding hydrogens is 250 g/mol. The zero-order chi connectivity index (χ0) is 14.5. The standard InChI is InChI=1S/C17H25NO2/c1-5-8-18-11-17-15(9-12(2)3)14-7-6-13(19-4)10-16(14)20-17/h6-7,10,12,18H,5,8-9,11H2,1-4H3. The molecule has 0 amide bonds. The molecule has 0 aliphatic carbocycles. The monoisotopic (exact) mass is 275 g/mol. The van der Waals surface area contributed by atoms with Crippen LogP contribution < -0.4 is 10.1 Å². The molecule has 3 heteroatoms. The van der Waals surface area contributed by atoms with Gasteiger partial charge in [0.05, 0.1) is 13.7 Å². The van der Waals surface area contributed by atoms with Crippen LogP contribution in [0.4, 0.5) is 0 Å². The summed E-state index contributed by atoms with van der Waals surface area (Å²) in [6, 6.07) is 6.09. The average Bonchev–Trinajstić information content (AvgIpc) is 2.76. The Balaban J connectivity index is 2.36. The van der Waals surface area contributed by atoms with Crippen LogP contribution in [0, 0.1) is 5.92 Å². The first-order chi connectivity index (χ1) is 9.65. The van der Waals surface area contributed by atoms with Crippen molar-refractivity contribution < 1.29 is 9.15 Å². The fraction of sp³-hybridized carbons (Fsp3) is 0.529. The highest BCUT2D eigenvalue weighted by Crippen LogP contribution is 2.30. The van der Waals surface area contributed by atoms with Gasteiger partial charge in [0, 0.05) is 17.0 Å². The van der Waals surface area contributed by atoms with Gasteiger partial charge in [-0.1, -0.05) is 20.8 Å². The molecule has 0 saturated heterocycles.